The second-order valence-corrected chi connectivity index (χ2v) is 54.1. The van der Waals surface area contributed by atoms with Gasteiger partial charge in [0.2, 0.25) is 0 Å². The van der Waals surface area contributed by atoms with E-state index in [0.717, 1.165) is 50.3 Å². The van der Waals surface area contributed by atoms with E-state index >= 15 is 0 Å². The zero-order valence-electron chi connectivity index (χ0n) is 94.5. The zero-order chi connectivity index (χ0) is 109. The number of hydrogen-bond donors (Lipinski definition) is 1. The third-order valence-corrected chi connectivity index (χ3v) is 27.1. The van der Waals surface area contributed by atoms with Crippen molar-refractivity contribution < 1.29 is 44.4 Å². The number of aromatic amines is 1. The Morgan fingerprint density at radius 1 is 0.250 bits per heavy atom. The summed E-state index contributed by atoms with van der Waals surface area (Å²) in [6.45, 7) is 83.4. The van der Waals surface area contributed by atoms with Crippen LogP contribution >= 0.6 is 0 Å². The summed E-state index contributed by atoms with van der Waals surface area (Å²) >= 11 is 0. The van der Waals surface area contributed by atoms with Gasteiger partial charge in [-0.2, -0.15) is 5.10 Å². The molecule has 0 amide bonds. The number of nitrogens with one attached hydrogen (secondary N) is 1. The Hall–Kier alpha value is -10.9. The van der Waals surface area contributed by atoms with Crippen molar-refractivity contribution in [2.75, 3.05) is 18.3 Å². The van der Waals surface area contributed by atoms with Crippen LogP contribution in [0, 0.1) is 13.8 Å². The van der Waals surface area contributed by atoms with Crippen LogP contribution in [0.1, 0.15) is 392 Å². The summed E-state index contributed by atoms with van der Waals surface area (Å²) in [6, 6.07) is 89.2. The molecule has 788 valence electrons. The maximum atomic E-state index is 11.7. The topological polar surface area (TPSA) is 212 Å². The Morgan fingerprint density at radius 2 is 0.486 bits per heavy atom. The molecule has 0 unspecified atom stereocenters. The monoisotopic (exact) mass is 2020 g/mol. The smallest absolute Gasteiger partial charge is 0.178 e. The lowest BCUT2D eigenvalue weighted by Gasteiger charge is -2.19. The second kappa shape index (κ2) is 56.1. The van der Waals surface area contributed by atoms with Crippen molar-refractivity contribution in [1.82, 2.24) is 15.2 Å². The number of ketones is 4. The number of carbonyl (C=O) groups excluding carboxylic acids is 4. The Morgan fingerprint density at radius 3 is 0.736 bits per heavy atom. The van der Waals surface area contributed by atoms with E-state index in [9.17, 15) is 44.4 Å². The molecule has 11 aromatic carbocycles. The highest BCUT2D eigenvalue weighted by Gasteiger charge is 2.24. The van der Waals surface area contributed by atoms with Gasteiger partial charge >= 0.3 is 0 Å². The molecule has 0 atom stereocenters. The Kier molecular flexibility index (Phi) is 51.9. The number of rotatable bonds is 9. The summed E-state index contributed by atoms with van der Waals surface area (Å²) in [6.07, 6.45) is 3.99. The molecule has 12 rings (SSSR count). The summed E-state index contributed by atoms with van der Waals surface area (Å²) in [7, 11) is -9.25. The normalized spacial score (nSPS) is 11.7. The number of carbonyl (C=O) groups is 4. The minimum atomic E-state index is -3.09. The van der Waals surface area contributed by atoms with Gasteiger partial charge in [0, 0.05) is 40.3 Å². The minimum Gasteiger partial charge on any atom is -0.295 e. The molecule has 0 spiro atoms. The first-order chi connectivity index (χ1) is 64.5. The lowest BCUT2D eigenvalue weighted by atomic mass is 9.86. The predicted octanol–water partition coefficient (Wildman–Crippen LogP) is 33.9. The van der Waals surface area contributed by atoms with Crippen LogP contribution in [0.15, 0.2) is 294 Å². The molecule has 0 saturated heterocycles. The van der Waals surface area contributed by atoms with E-state index in [0.29, 0.717) is 20.1 Å². The van der Waals surface area contributed by atoms with Gasteiger partial charge in [-0.25, -0.2) is 30.2 Å². The first-order valence-electron chi connectivity index (χ1n) is 49.1. The number of aromatic nitrogens is 3. The number of sulfone groups is 3. The molecule has 1 N–H and O–H groups in total. The molecule has 1 heterocycles. The molecule has 13 nitrogen and oxygen atoms in total. The van der Waals surface area contributed by atoms with Crippen LogP contribution in [0.5, 0.6) is 0 Å². The fraction of sp³-hybridized carbons (Fsp3) is 0.438. The molecule has 144 heavy (non-hydrogen) atoms. The van der Waals surface area contributed by atoms with Crippen molar-refractivity contribution in [1.29, 1.82) is 0 Å². The van der Waals surface area contributed by atoms with Crippen LogP contribution in [0.2, 0.25) is 0 Å². The Bertz CT molecular complexity index is 6090. The van der Waals surface area contributed by atoms with Gasteiger partial charge in [0.05, 0.1) is 20.4 Å². The summed E-state index contributed by atoms with van der Waals surface area (Å²) in [5, 5.41) is 6.73. The van der Waals surface area contributed by atoms with Gasteiger partial charge in [0.25, 0.3) is 0 Å². The van der Waals surface area contributed by atoms with E-state index in [4.69, 9.17) is 0 Å². The molecule has 0 aliphatic rings. The highest BCUT2D eigenvalue weighted by atomic mass is 32.2. The van der Waals surface area contributed by atoms with E-state index in [1.165, 1.54) is 74.5 Å². The summed E-state index contributed by atoms with van der Waals surface area (Å²) < 4.78 is 68.6. The average molecular weight is 2020 g/mol. The predicted molar refractivity (Wildman–Crippen MR) is 619 cm³/mol. The van der Waals surface area contributed by atoms with Gasteiger partial charge < -0.3 is 0 Å². The van der Waals surface area contributed by atoms with Crippen molar-refractivity contribution >= 4 is 52.6 Å². The van der Waals surface area contributed by atoms with Crippen molar-refractivity contribution in [3.63, 3.8) is 0 Å². The molecular weight excluding hydrogens is 1840 g/mol. The Labute approximate surface area is 875 Å². The van der Waals surface area contributed by atoms with Crippen LogP contribution < -0.4 is 0 Å². The van der Waals surface area contributed by atoms with Gasteiger partial charge in [-0.15, -0.1) is 0 Å². The molecule has 0 aliphatic heterocycles. The SMILES string of the molecule is C.C.CC(=O)c1ccc(C(C)(C)C)cc1.CC(=O)c1ccc(C(C)(C)C)cc1.CC(=O)c1cccc(C(C)(C)C)c1.CC(=O)c1cccc(C(C)(C)C)c1.CC(C)(C)c1cccc(-c2ncn[nH]2)c1.CC(C)(C)c1cccc(S(C)(=O)=O)c1.CC(C)(C)c1cccc(S(C)(=O)=O)c1.CC(C)(C)c1ccccc1.CCS(=O)(=O)c1cccc(C(C)(C)C)c1.Cc1ccc(C(C)(C)C)cc1.Cc1cccc(C(C)(C)C)c1. The maximum absolute atomic E-state index is 11.7. The molecule has 0 radical (unpaired) electrons. The van der Waals surface area contributed by atoms with Gasteiger partial charge in [0.15, 0.2) is 58.5 Å². The van der Waals surface area contributed by atoms with Crippen molar-refractivity contribution in [3.05, 3.63) is 374 Å². The number of benzene rings is 11. The van der Waals surface area contributed by atoms with Gasteiger partial charge in [-0.1, -0.05) is 480 Å². The molecule has 0 bridgehead atoms. The standard InChI is InChI=1S/C12H15N3.C12H18O2S.4C12H16O.2C11H16O2S.2C11H16.C10H14.2CH4/c1-12(2,3)10-6-4-5-9(7-10)11-13-8-14-15-11;1-5-15(13,14)11-8-6-7-10(9-11)12(2,3)4;2*1-9(13)10-5-7-11(8-6-10)12(2,3)4;2*1-9(13)10-6-5-7-11(8-10)12(2,3)4;2*1-11(2,3)9-6-5-7-10(8-9)14(4,12)13;1-9-5-7-10(8-6-9)11(2,3)4;1-9-6-5-7-10(8-9)11(2,3)4;1-10(2,3)9-7-5-4-6-8-9;;/h4-8H,1-3H3,(H,13,14,15);6-9H,5H2,1-4H3;4*5-8H,1-4H3;2*5-8H,1-4H3;2*5-8H,1-4H3;4-8H,1-3H3;2*1H4. The van der Waals surface area contributed by atoms with Crippen molar-refractivity contribution in [2.45, 2.75) is 366 Å². The third kappa shape index (κ3) is 49.8. The Balaban J connectivity index is 0.00000156. The largest absolute Gasteiger partial charge is 0.295 e. The highest BCUT2D eigenvalue weighted by Crippen LogP contribution is 2.33. The average Bonchev–Trinajstić information content (AvgIpc) is 1.21. The van der Waals surface area contributed by atoms with Gasteiger partial charge in [-0.05, 0) is 217 Å². The van der Waals surface area contributed by atoms with Crippen molar-refractivity contribution in [2.24, 2.45) is 0 Å². The van der Waals surface area contributed by atoms with Gasteiger partial charge in [-0.3, -0.25) is 24.3 Å². The van der Waals surface area contributed by atoms with Crippen molar-refractivity contribution in [3.8, 4) is 11.4 Å². The first-order valence-corrected chi connectivity index (χ1v) is 54.5. The maximum Gasteiger partial charge on any atom is 0.178 e. The van der Waals surface area contributed by atoms with Gasteiger partial charge in [0.1, 0.15) is 6.33 Å². The third-order valence-electron chi connectivity index (χ3n) is 23.1. The molecule has 0 aliphatic carbocycles. The van der Waals surface area contributed by atoms with Crippen LogP contribution in [0.3, 0.4) is 0 Å². The molecule has 12 aromatic rings. The molecular formula is C128H183N3O10S3. The molecule has 16 heteroatoms. The number of hydrogen-bond acceptors (Lipinski definition) is 12. The summed E-state index contributed by atoms with van der Waals surface area (Å²) in [5.41, 5.74) is 22.1. The van der Waals surface area contributed by atoms with Crippen LogP contribution in [0.4, 0.5) is 0 Å². The number of aryl methyl sites for hydroxylation is 2. The quantitative estimate of drug-likeness (QED) is 0.134. The van der Waals surface area contributed by atoms with Crippen LogP contribution in [0.25, 0.3) is 11.4 Å². The van der Waals surface area contributed by atoms with E-state index in [1.54, 1.807) is 83.1 Å². The summed E-state index contributed by atoms with van der Waals surface area (Å²) in [4.78, 5) is 49.6. The minimum absolute atomic E-state index is 0. The van der Waals surface area contributed by atoms with Crippen LogP contribution in [-0.2, 0) is 89.1 Å². The lowest BCUT2D eigenvalue weighted by Crippen LogP contribution is -2.12. The number of H-pyrrole nitrogens is 1. The fourth-order valence-corrected chi connectivity index (χ4v) is 15.4. The zero-order valence-corrected chi connectivity index (χ0v) is 96.9. The molecule has 1 aromatic heterocycles. The highest BCUT2D eigenvalue weighted by molar-refractivity contribution is 7.91. The summed E-state index contributed by atoms with van der Waals surface area (Å²) in [5.74, 6) is 1.49. The molecule has 0 fully saturated rings. The van der Waals surface area contributed by atoms with E-state index in [1.807, 2.05) is 115 Å². The van der Waals surface area contributed by atoms with E-state index < -0.39 is 29.5 Å². The second-order valence-electron chi connectivity index (χ2n) is 47.8. The number of Topliss-reactive ketones (excluding diaryl/α,β-unsaturated/α-hetero) is 4. The fourth-order valence-electron chi connectivity index (χ4n) is 13.1. The van der Waals surface area contributed by atoms with Crippen LogP contribution in [-0.4, -0.2) is 81.8 Å². The first kappa shape index (κ1) is 133. The van der Waals surface area contributed by atoms with E-state index in [2.05, 4.69) is 367 Å². The molecule has 0 saturated carbocycles. The number of nitrogens with zero attached hydrogens (tertiary/aromatic N) is 2. The van der Waals surface area contributed by atoms with E-state index in [-0.39, 0.29) is 97.9 Å². The lowest BCUT2D eigenvalue weighted by molar-refractivity contribution is 0.100.